The molecule has 116 valence electrons. The van der Waals surface area contributed by atoms with Crippen LogP contribution < -0.4 is 0 Å². The molecule has 0 N–H and O–H groups in total. The van der Waals surface area contributed by atoms with Gasteiger partial charge in [0.25, 0.3) is 0 Å². The number of nitro groups is 1. The van der Waals surface area contributed by atoms with Crippen LogP contribution in [0.25, 0.3) is 0 Å². The van der Waals surface area contributed by atoms with E-state index < -0.39 is 30.5 Å². The van der Waals surface area contributed by atoms with E-state index in [1.165, 1.54) is 19.9 Å². The molecule has 0 bridgehead atoms. The van der Waals surface area contributed by atoms with Crippen LogP contribution in [-0.4, -0.2) is 33.4 Å². The summed E-state index contributed by atoms with van der Waals surface area (Å²) in [4.78, 5) is 9.68. The van der Waals surface area contributed by atoms with Gasteiger partial charge in [-0.3, -0.25) is 10.1 Å². The van der Waals surface area contributed by atoms with Gasteiger partial charge in [-0.25, -0.2) is 16.8 Å². The molecule has 1 aromatic rings. The second-order valence-electron chi connectivity index (χ2n) is 5.12. The van der Waals surface area contributed by atoms with Gasteiger partial charge in [0, 0.05) is 4.92 Å². The largest absolute Gasteiger partial charge is 0.305 e. The maximum Gasteiger partial charge on any atom is 0.305 e. The van der Waals surface area contributed by atoms with Gasteiger partial charge in [0.1, 0.15) is 0 Å². The molecule has 2 rings (SSSR count). The average molecular weight is 333 g/mol. The number of hydrogen-bond donors (Lipinski definition) is 0. The van der Waals surface area contributed by atoms with Crippen LogP contribution in [0.1, 0.15) is 23.1 Å². The molecule has 1 aromatic carbocycles. The quantitative estimate of drug-likeness (QED) is 0.603. The van der Waals surface area contributed by atoms with Gasteiger partial charge >= 0.3 is 5.88 Å². The SMILES string of the molecule is Cc1cc2c(c(C)c1S(=O)(=O)C[N+](=O)[O-])CCCS2(=O)=O. The van der Waals surface area contributed by atoms with Gasteiger partial charge in [0.15, 0.2) is 9.84 Å². The molecule has 0 aromatic heterocycles. The number of fused-ring (bicyclic) bond motifs is 1. The second-order valence-corrected chi connectivity index (χ2v) is 9.10. The lowest BCUT2D eigenvalue weighted by Gasteiger charge is -2.21. The van der Waals surface area contributed by atoms with E-state index in [0.29, 0.717) is 24.0 Å². The van der Waals surface area contributed by atoms with E-state index in [1.54, 1.807) is 0 Å². The minimum atomic E-state index is -4.09. The van der Waals surface area contributed by atoms with Gasteiger partial charge in [-0.2, -0.15) is 0 Å². The van der Waals surface area contributed by atoms with Crippen LogP contribution in [0.3, 0.4) is 0 Å². The molecule has 0 aliphatic carbocycles. The Morgan fingerprint density at radius 1 is 1.33 bits per heavy atom. The monoisotopic (exact) mass is 333 g/mol. The van der Waals surface area contributed by atoms with Crippen LogP contribution in [0, 0.1) is 24.0 Å². The first-order chi connectivity index (χ1) is 9.56. The van der Waals surface area contributed by atoms with Crippen molar-refractivity contribution in [1.29, 1.82) is 0 Å². The van der Waals surface area contributed by atoms with Gasteiger partial charge in [0.2, 0.25) is 9.84 Å². The smallest absolute Gasteiger partial charge is 0.263 e. The summed E-state index contributed by atoms with van der Waals surface area (Å²) >= 11 is 0. The molecule has 0 unspecified atom stereocenters. The Labute approximate surface area is 123 Å². The van der Waals surface area contributed by atoms with Gasteiger partial charge in [0.05, 0.1) is 15.5 Å². The highest BCUT2D eigenvalue weighted by Gasteiger charge is 2.32. The molecular weight excluding hydrogens is 318 g/mol. The fourth-order valence-electron chi connectivity index (χ4n) is 2.79. The minimum Gasteiger partial charge on any atom is -0.263 e. The van der Waals surface area contributed by atoms with Crippen molar-refractivity contribution >= 4 is 19.7 Å². The third-order valence-electron chi connectivity index (χ3n) is 3.56. The van der Waals surface area contributed by atoms with Gasteiger partial charge in [-0.1, -0.05) is 0 Å². The van der Waals surface area contributed by atoms with Crippen LogP contribution in [0.2, 0.25) is 0 Å². The van der Waals surface area contributed by atoms with Gasteiger partial charge < -0.3 is 0 Å². The van der Waals surface area contributed by atoms with Crippen molar-refractivity contribution in [2.45, 2.75) is 36.5 Å². The molecule has 9 heteroatoms. The minimum absolute atomic E-state index is 0.0415. The van der Waals surface area contributed by atoms with E-state index >= 15 is 0 Å². The van der Waals surface area contributed by atoms with Gasteiger partial charge in [-0.05, 0) is 49.4 Å². The summed E-state index contributed by atoms with van der Waals surface area (Å²) in [6, 6.07) is 1.32. The van der Waals surface area contributed by atoms with Crippen molar-refractivity contribution < 1.29 is 21.8 Å². The lowest BCUT2D eigenvalue weighted by molar-refractivity contribution is -0.458. The maximum atomic E-state index is 12.1. The lowest BCUT2D eigenvalue weighted by Crippen LogP contribution is -2.22. The molecule has 0 atom stereocenters. The zero-order chi connectivity index (χ0) is 16.0. The van der Waals surface area contributed by atoms with Crippen molar-refractivity contribution in [2.75, 3.05) is 11.6 Å². The first-order valence-corrected chi connectivity index (χ1v) is 9.57. The lowest BCUT2D eigenvalue weighted by atomic mass is 10.0. The predicted molar refractivity (Wildman–Crippen MR) is 75.3 cm³/mol. The zero-order valence-electron chi connectivity index (χ0n) is 11.6. The molecule has 0 spiro atoms. The summed E-state index contributed by atoms with van der Waals surface area (Å²) in [5.74, 6) is -1.15. The normalized spacial score (nSPS) is 17.2. The molecule has 1 aliphatic rings. The topological polar surface area (TPSA) is 111 Å². The Kier molecular flexibility index (Phi) is 3.83. The van der Waals surface area contributed by atoms with Crippen LogP contribution in [-0.2, 0) is 26.1 Å². The van der Waals surface area contributed by atoms with Crippen molar-refractivity contribution in [2.24, 2.45) is 0 Å². The standard InChI is InChI=1S/C12H15NO6S2/c1-8-6-11-10(4-3-5-20(11,16)17)9(2)12(8)21(18,19)7-13(14)15/h6H,3-5,7H2,1-2H3. The van der Waals surface area contributed by atoms with E-state index in [4.69, 9.17) is 0 Å². The fraction of sp³-hybridized carbons (Fsp3) is 0.500. The first-order valence-electron chi connectivity index (χ1n) is 6.26. The number of rotatable bonds is 3. The van der Waals surface area contributed by atoms with E-state index in [0.717, 1.165) is 0 Å². The highest BCUT2D eigenvalue weighted by atomic mass is 32.2. The molecule has 21 heavy (non-hydrogen) atoms. The molecule has 1 aliphatic heterocycles. The number of aryl methyl sites for hydroxylation is 1. The van der Waals surface area contributed by atoms with E-state index in [-0.39, 0.29) is 21.1 Å². The summed E-state index contributed by atoms with van der Waals surface area (Å²) in [6.45, 7) is 2.98. The number of sulfone groups is 2. The molecule has 0 radical (unpaired) electrons. The van der Waals surface area contributed by atoms with Crippen molar-refractivity contribution in [3.8, 4) is 0 Å². The molecule has 7 nitrogen and oxygen atoms in total. The third kappa shape index (κ3) is 2.80. The Morgan fingerprint density at radius 3 is 2.52 bits per heavy atom. The molecule has 0 saturated heterocycles. The van der Waals surface area contributed by atoms with Gasteiger partial charge in [-0.15, -0.1) is 0 Å². The van der Waals surface area contributed by atoms with E-state index in [9.17, 15) is 26.9 Å². The van der Waals surface area contributed by atoms with Crippen molar-refractivity contribution in [3.05, 3.63) is 32.9 Å². The molecular formula is C12H15NO6S2. The van der Waals surface area contributed by atoms with Crippen molar-refractivity contribution in [1.82, 2.24) is 0 Å². The number of benzene rings is 1. The Hall–Kier alpha value is -1.48. The third-order valence-corrected chi connectivity index (χ3v) is 7.22. The molecule has 0 amide bonds. The maximum absolute atomic E-state index is 12.1. The number of nitrogens with zero attached hydrogens (tertiary/aromatic N) is 1. The number of hydrogen-bond acceptors (Lipinski definition) is 6. The van der Waals surface area contributed by atoms with Crippen LogP contribution in [0.15, 0.2) is 15.9 Å². The van der Waals surface area contributed by atoms with E-state index in [1.807, 2.05) is 0 Å². The fourth-order valence-corrected chi connectivity index (χ4v) is 6.06. The van der Waals surface area contributed by atoms with Crippen LogP contribution in [0.5, 0.6) is 0 Å². The van der Waals surface area contributed by atoms with Crippen LogP contribution in [0.4, 0.5) is 0 Å². The molecule has 1 heterocycles. The zero-order valence-corrected chi connectivity index (χ0v) is 13.3. The summed E-state index contributed by atoms with van der Waals surface area (Å²) in [7, 11) is -7.49. The second kappa shape index (κ2) is 5.06. The Morgan fingerprint density at radius 2 is 1.95 bits per heavy atom. The van der Waals surface area contributed by atoms with Crippen molar-refractivity contribution in [3.63, 3.8) is 0 Å². The summed E-state index contributed by atoms with van der Waals surface area (Å²) < 4.78 is 48.4. The van der Waals surface area contributed by atoms with Crippen LogP contribution >= 0.6 is 0 Å². The van der Waals surface area contributed by atoms with E-state index in [2.05, 4.69) is 0 Å². The first kappa shape index (κ1) is 15.9. The Bertz CT molecular complexity index is 824. The average Bonchev–Trinajstić information content (AvgIpc) is 2.28. The predicted octanol–water partition coefficient (Wildman–Crippen LogP) is 1.03. The Balaban J connectivity index is 2.76. The molecule has 0 saturated carbocycles. The summed E-state index contributed by atoms with van der Waals surface area (Å²) in [6.07, 6.45) is 0.885. The molecule has 0 fully saturated rings. The highest BCUT2D eigenvalue weighted by molar-refractivity contribution is 7.92. The summed E-state index contributed by atoms with van der Waals surface area (Å²) in [5.41, 5.74) is 1.02. The summed E-state index contributed by atoms with van der Waals surface area (Å²) in [5, 5.41) is 10.5. The highest BCUT2D eigenvalue weighted by Crippen LogP contribution is 2.34.